The second-order valence-electron chi connectivity index (χ2n) is 5.98. The van der Waals surface area contributed by atoms with E-state index in [1.54, 1.807) is 0 Å². The SMILES string of the molecule is Cc1ncc(C(C)(C)CCNCC(C)C)n1C. The van der Waals surface area contributed by atoms with Crippen LogP contribution in [0.25, 0.3) is 0 Å². The Balaban J connectivity index is 2.54. The van der Waals surface area contributed by atoms with Gasteiger partial charge in [-0.25, -0.2) is 4.98 Å². The molecule has 0 aromatic carbocycles. The van der Waals surface area contributed by atoms with E-state index in [9.17, 15) is 0 Å². The van der Waals surface area contributed by atoms with Gasteiger partial charge >= 0.3 is 0 Å². The lowest BCUT2D eigenvalue weighted by Crippen LogP contribution is -2.29. The molecule has 1 aromatic heterocycles. The van der Waals surface area contributed by atoms with Crippen LogP contribution < -0.4 is 5.32 Å². The Labute approximate surface area is 106 Å². The van der Waals surface area contributed by atoms with Crippen molar-refractivity contribution in [2.75, 3.05) is 13.1 Å². The van der Waals surface area contributed by atoms with Crippen LogP contribution in [-0.4, -0.2) is 22.6 Å². The number of aromatic nitrogens is 2. The number of aryl methyl sites for hydroxylation is 1. The van der Waals surface area contributed by atoms with Crippen LogP contribution in [-0.2, 0) is 12.5 Å². The van der Waals surface area contributed by atoms with Gasteiger partial charge in [-0.15, -0.1) is 0 Å². The molecule has 1 rings (SSSR count). The monoisotopic (exact) mass is 237 g/mol. The molecule has 0 aliphatic carbocycles. The second-order valence-corrected chi connectivity index (χ2v) is 5.98. The molecule has 0 atom stereocenters. The zero-order valence-electron chi connectivity index (χ0n) is 12.2. The molecule has 0 amide bonds. The van der Waals surface area contributed by atoms with Crippen molar-refractivity contribution < 1.29 is 0 Å². The van der Waals surface area contributed by atoms with Crippen molar-refractivity contribution in [1.82, 2.24) is 14.9 Å². The van der Waals surface area contributed by atoms with Gasteiger partial charge in [0.15, 0.2) is 0 Å². The lowest BCUT2D eigenvalue weighted by molar-refractivity contribution is 0.422. The van der Waals surface area contributed by atoms with Gasteiger partial charge < -0.3 is 9.88 Å². The minimum Gasteiger partial charge on any atom is -0.335 e. The summed E-state index contributed by atoms with van der Waals surface area (Å²) in [5.74, 6) is 1.81. The molecular formula is C14H27N3. The van der Waals surface area contributed by atoms with Crippen molar-refractivity contribution in [3.8, 4) is 0 Å². The average Bonchev–Trinajstić information content (AvgIpc) is 2.55. The zero-order chi connectivity index (χ0) is 13.1. The molecule has 0 unspecified atom stereocenters. The Kier molecular flexibility index (Phi) is 4.75. The van der Waals surface area contributed by atoms with E-state index in [2.05, 4.69) is 56.5 Å². The number of hydrogen-bond donors (Lipinski definition) is 1. The third kappa shape index (κ3) is 3.84. The molecule has 0 saturated carbocycles. The van der Waals surface area contributed by atoms with Crippen LogP contribution in [0.5, 0.6) is 0 Å². The predicted octanol–water partition coefficient (Wildman–Crippen LogP) is 2.64. The van der Waals surface area contributed by atoms with E-state index in [1.807, 2.05) is 6.20 Å². The summed E-state index contributed by atoms with van der Waals surface area (Å²) in [5, 5.41) is 3.51. The van der Waals surface area contributed by atoms with E-state index >= 15 is 0 Å². The summed E-state index contributed by atoms with van der Waals surface area (Å²) in [4.78, 5) is 4.38. The van der Waals surface area contributed by atoms with Crippen LogP contribution in [0.15, 0.2) is 6.20 Å². The Morgan fingerprint density at radius 3 is 2.53 bits per heavy atom. The predicted molar refractivity (Wildman–Crippen MR) is 73.3 cm³/mol. The van der Waals surface area contributed by atoms with Crippen molar-refractivity contribution in [3.63, 3.8) is 0 Å². The van der Waals surface area contributed by atoms with E-state index in [-0.39, 0.29) is 5.41 Å². The Bertz CT molecular complexity index is 350. The molecule has 0 fully saturated rings. The molecule has 17 heavy (non-hydrogen) atoms. The first-order valence-electron chi connectivity index (χ1n) is 6.54. The standard InChI is InChI=1S/C14H27N3/c1-11(2)9-15-8-7-14(4,5)13-10-16-12(3)17(13)6/h10-11,15H,7-9H2,1-6H3. The summed E-state index contributed by atoms with van der Waals surface area (Å²) in [6.45, 7) is 13.3. The summed E-state index contributed by atoms with van der Waals surface area (Å²) in [6, 6.07) is 0. The molecule has 0 bridgehead atoms. The number of nitrogens with one attached hydrogen (secondary N) is 1. The molecule has 1 N–H and O–H groups in total. The van der Waals surface area contributed by atoms with E-state index < -0.39 is 0 Å². The lowest BCUT2D eigenvalue weighted by atomic mass is 9.86. The summed E-state index contributed by atoms with van der Waals surface area (Å²) >= 11 is 0. The molecule has 0 aliphatic heterocycles. The van der Waals surface area contributed by atoms with Gasteiger partial charge in [0, 0.05) is 24.4 Å². The van der Waals surface area contributed by atoms with E-state index in [4.69, 9.17) is 0 Å². The highest BCUT2D eigenvalue weighted by Crippen LogP contribution is 2.26. The topological polar surface area (TPSA) is 29.9 Å². The third-order valence-electron chi connectivity index (χ3n) is 3.39. The van der Waals surface area contributed by atoms with Gasteiger partial charge in [-0.2, -0.15) is 0 Å². The minimum atomic E-state index is 0.181. The van der Waals surface area contributed by atoms with Crippen LogP contribution in [0, 0.1) is 12.8 Å². The van der Waals surface area contributed by atoms with Crippen molar-refractivity contribution >= 4 is 0 Å². The maximum absolute atomic E-state index is 4.38. The fourth-order valence-corrected chi connectivity index (χ4v) is 2.05. The fraction of sp³-hybridized carbons (Fsp3) is 0.786. The van der Waals surface area contributed by atoms with Crippen LogP contribution >= 0.6 is 0 Å². The molecule has 98 valence electrons. The first-order valence-corrected chi connectivity index (χ1v) is 6.54. The second kappa shape index (κ2) is 5.67. The summed E-state index contributed by atoms with van der Waals surface area (Å²) < 4.78 is 2.20. The van der Waals surface area contributed by atoms with Crippen molar-refractivity contribution in [1.29, 1.82) is 0 Å². The molecular weight excluding hydrogens is 210 g/mol. The number of nitrogens with zero attached hydrogens (tertiary/aromatic N) is 2. The first-order chi connectivity index (χ1) is 7.84. The Hall–Kier alpha value is -0.830. The van der Waals surface area contributed by atoms with Gasteiger partial charge in [-0.3, -0.25) is 0 Å². The third-order valence-corrected chi connectivity index (χ3v) is 3.39. The highest BCUT2D eigenvalue weighted by molar-refractivity contribution is 5.15. The van der Waals surface area contributed by atoms with Gasteiger partial charge in [-0.1, -0.05) is 27.7 Å². The molecule has 0 spiro atoms. The Morgan fingerprint density at radius 2 is 2.06 bits per heavy atom. The molecule has 1 heterocycles. The van der Waals surface area contributed by atoms with E-state index in [0.29, 0.717) is 0 Å². The number of rotatable bonds is 6. The number of hydrogen-bond acceptors (Lipinski definition) is 2. The van der Waals surface area contributed by atoms with E-state index in [0.717, 1.165) is 31.3 Å². The lowest BCUT2D eigenvalue weighted by Gasteiger charge is -2.25. The summed E-state index contributed by atoms with van der Waals surface area (Å²) in [5.41, 5.74) is 1.50. The van der Waals surface area contributed by atoms with Crippen LogP contribution in [0.1, 0.15) is 45.6 Å². The van der Waals surface area contributed by atoms with Crippen LogP contribution in [0.2, 0.25) is 0 Å². The van der Waals surface area contributed by atoms with Gasteiger partial charge in [-0.05, 0) is 32.4 Å². The fourth-order valence-electron chi connectivity index (χ4n) is 2.05. The van der Waals surface area contributed by atoms with Gasteiger partial charge in [0.1, 0.15) is 5.82 Å². The molecule has 3 heteroatoms. The quantitative estimate of drug-likeness (QED) is 0.771. The maximum Gasteiger partial charge on any atom is 0.105 e. The minimum absolute atomic E-state index is 0.181. The summed E-state index contributed by atoms with van der Waals surface area (Å²) in [6.07, 6.45) is 3.15. The van der Waals surface area contributed by atoms with Gasteiger partial charge in [0.05, 0.1) is 0 Å². The molecule has 0 saturated heterocycles. The maximum atomic E-state index is 4.38. The highest BCUT2D eigenvalue weighted by Gasteiger charge is 2.24. The highest BCUT2D eigenvalue weighted by atomic mass is 15.1. The molecule has 3 nitrogen and oxygen atoms in total. The Morgan fingerprint density at radius 1 is 1.41 bits per heavy atom. The van der Waals surface area contributed by atoms with Crippen molar-refractivity contribution in [3.05, 3.63) is 17.7 Å². The molecule has 0 aliphatic rings. The largest absolute Gasteiger partial charge is 0.335 e. The molecule has 1 aromatic rings. The number of imidazole rings is 1. The van der Waals surface area contributed by atoms with Crippen molar-refractivity contribution in [2.45, 2.75) is 46.5 Å². The van der Waals surface area contributed by atoms with E-state index in [1.165, 1.54) is 5.69 Å². The smallest absolute Gasteiger partial charge is 0.105 e. The van der Waals surface area contributed by atoms with Crippen molar-refractivity contribution in [2.24, 2.45) is 13.0 Å². The average molecular weight is 237 g/mol. The van der Waals surface area contributed by atoms with Crippen LogP contribution in [0.4, 0.5) is 0 Å². The van der Waals surface area contributed by atoms with Crippen LogP contribution in [0.3, 0.4) is 0 Å². The first kappa shape index (κ1) is 14.2. The molecule has 0 radical (unpaired) electrons. The van der Waals surface area contributed by atoms with Gasteiger partial charge in [0.25, 0.3) is 0 Å². The summed E-state index contributed by atoms with van der Waals surface area (Å²) in [7, 11) is 2.10. The van der Waals surface area contributed by atoms with Gasteiger partial charge in [0.2, 0.25) is 0 Å². The normalized spacial score (nSPS) is 12.4. The zero-order valence-corrected chi connectivity index (χ0v) is 12.2.